The summed E-state index contributed by atoms with van der Waals surface area (Å²) in [4.78, 5) is 17.1. The lowest BCUT2D eigenvalue weighted by atomic mass is 9.75. The first-order valence-corrected chi connectivity index (χ1v) is 8.61. The van der Waals surface area contributed by atoms with E-state index in [9.17, 15) is 9.90 Å². The minimum atomic E-state index is -0.312. The first kappa shape index (κ1) is 16.6. The molecule has 6 heteroatoms. The molecule has 1 aliphatic carbocycles. The number of carbonyl (C=O) groups excluding carboxylic acids is 1. The maximum atomic E-state index is 12.6. The van der Waals surface area contributed by atoms with Crippen molar-refractivity contribution < 1.29 is 19.1 Å². The van der Waals surface area contributed by atoms with E-state index in [0.717, 1.165) is 16.5 Å². The van der Waals surface area contributed by atoms with Gasteiger partial charge in [-0.1, -0.05) is 18.2 Å². The molecule has 0 aliphatic heterocycles. The number of carbonyl (C=O) groups is 1. The number of benzene rings is 1. The lowest BCUT2D eigenvalue weighted by molar-refractivity contribution is 0.0231. The molecule has 3 aromatic rings. The Morgan fingerprint density at radius 1 is 1.31 bits per heavy atom. The molecular weight excluding hydrogens is 332 g/mol. The molecule has 1 atom stereocenters. The molecule has 0 radical (unpaired) electrons. The Kier molecular flexibility index (Phi) is 4.34. The number of aromatic nitrogens is 1. The molecule has 0 unspecified atom stereocenters. The minimum absolute atomic E-state index is 0.161. The molecule has 0 spiro atoms. The molecule has 134 valence electrons. The van der Waals surface area contributed by atoms with Gasteiger partial charge >= 0.3 is 0 Å². The number of aliphatic hydroxyl groups is 1. The highest BCUT2D eigenvalue weighted by atomic mass is 16.6. The van der Waals surface area contributed by atoms with Crippen molar-refractivity contribution in [3.8, 4) is 5.95 Å². The van der Waals surface area contributed by atoms with Crippen LogP contribution in [-0.4, -0.2) is 29.2 Å². The number of nitrogens with one attached hydrogen (secondary N) is 1. The number of nitrogens with zero attached hydrogens (tertiary/aromatic N) is 1. The van der Waals surface area contributed by atoms with Crippen molar-refractivity contribution in [2.24, 2.45) is 5.92 Å². The fourth-order valence-electron chi connectivity index (χ4n) is 3.40. The Hall–Kier alpha value is -2.86. The Bertz CT molecular complexity index is 930. The smallest absolute Gasteiger partial charge is 0.287 e. The molecule has 1 amide bonds. The fraction of sp³-hybridized carbons (Fsp3) is 0.300. The third-order valence-electron chi connectivity index (χ3n) is 4.88. The third kappa shape index (κ3) is 3.15. The number of fused-ring (bicyclic) bond motifs is 1. The average molecular weight is 352 g/mol. The van der Waals surface area contributed by atoms with E-state index in [1.165, 1.54) is 7.11 Å². The van der Waals surface area contributed by atoms with Gasteiger partial charge in [-0.3, -0.25) is 9.78 Å². The predicted molar refractivity (Wildman–Crippen MR) is 95.9 cm³/mol. The van der Waals surface area contributed by atoms with Gasteiger partial charge in [-0.2, -0.15) is 0 Å². The zero-order valence-corrected chi connectivity index (χ0v) is 14.4. The topological polar surface area (TPSA) is 84.6 Å². The summed E-state index contributed by atoms with van der Waals surface area (Å²) in [5.41, 5.74) is 1.83. The second kappa shape index (κ2) is 6.80. The summed E-state index contributed by atoms with van der Waals surface area (Å²) in [5.74, 6) is 0.334. The number of methoxy groups -OCH3 is 1. The number of aliphatic hydroxyl groups excluding tert-OH is 1. The maximum absolute atomic E-state index is 12.6. The number of hydrogen-bond donors (Lipinski definition) is 2. The van der Waals surface area contributed by atoms with Gasteiger partial charge in [-0.25, -0.2) is 0 Å². The average Bonchev–Trinajstić information content (AvgIpc) is 3.13. The van der Waals surface area contributed by atoms with Gasteiger partial charge in [0.25, 0.3) is 11.9 Å². The van der Waals surface area contributed by atoms with Crippen molar-refractivity contribution >= 4 is 16.8 Å². The van der Waals surface area contributed by atoms with E-state index in [4.69, 9.17) is 9.15 Å². The standard InChI is InChI=1S/C20H20N2O4/c1-25-18-7-6-17(26-18)20(24)22-19(13-9-15(23)10-13)14-8-12-4-2-3-5-16(12)21-11-14/h2-8,11,13,15,19,23H,9-10H2,1H3,(H,22,24)/t13?,15?,19-/m0/s1. The number of pyridine rings is 1. The lowest BCUT2D eigenvalue weighted by Gasteiger charge is -2.38. The highest BCUT2D eigenvalue weighted by Crippen LogP contribution is 2.38. The van der Waals surface area contributed by atoms with Gasteiger partial charge in [0, 0.05) is 17.6 Å². The van der Waals surface area contributed by atoms with E-state index in [1.807, 2.05) is 30.3 Å². The van der Waals surface area contributed by atoms with Crippen molar-refractivity contribution in [3.05, 3.63) is 60.0 Å². The molecule has 0 saturated heterocycles. The first-order chi connectivity index (χ1) is 12.6. The third-order valence-corrected chi connectivity index (χ3v) is 4.88. The highest BCUT2D eigenvalue weighted by Gasteiger charge is 2.36. The van der Waals surface area contributed by atoms with Gasteiger partial charge in [0.2, 0.25) is 0 Å². The van der Waals surface area contributed by atoms with E-state index < -0.39 is 0 Å². The van der Waals surface area contributed by atoms with Gasteiger partial charge in [-0.15, -0.1) is 0 Å². The van der Waals surface area contributed by atoms with Crippen molar-refractivity contribution in [3.63, 3.8) is 0 Å². The molecule has 2 aromatic heterocycles. The first-order valence-electron chi connectivity index (χ1n) is 8.61. The highest BCUT2D eigenvalue weighted by molar-refractivity contribution is 5.92. The van der Waals surface area contributed by atoms with Crippen LogP contribution in [0.2, 0.25) is 0 Å². The second-order valence-electron chi connectivity index (χ2n) is 6.62. The summed E-state index contributed by atoms with van der Waals surface area (Å²) in [6.07, 6.45) is 2.79. The molecule has 4 rings (SSSR count). The Labute approximate surface area is 150 Å². The lowest BCUT2D eigenvalue weighted by Crippen LogP contribution is -2.41. The van der Waals surface area contributed by atoms with Gasteiger partial charge in [0.1, 0.15) is 0 Å². The van der Waals surface area contributed by atoms with Crippen molar-refractivity contribution in [1.29, 1.82) is 0 Å². The van der Waals surface area contributed by atoms with Gasteiger partial charge in [0.05, 0.1) is 24.8 Å². The molecule has 1 saturated carbocycles. The SMILES string of the molecule is COc1ccc(C(=O)N[C@H](c2cnc3ccccc3c2)C2CC(O)C2)o1. The Morgan fingerprint density at radius 2 is 2.12 bits per heavy atom. The maximum Gasteiger partial charge on any atom is 0.287 e. The van der Waals surface area contributed by atoms with E-state index in [-0.39, 0.29) is 35.7 Å². The number of amides is 1. The molecule has 2 heterocycles. The molecular formula is C20H20N2O4. The summed E-state index contributed by atoms with van der Waals surface area (Å²) in [6.45, 7) is 0. The normalized spacial score (nSPS) is 20.4. The summed E-state index contributed by atoms with van der Waals surface area (Å²) < 4.78 is 10.3. The van der Waals surface area contributed by atoms with Crippen LogP contribution in [0.5, 0.6) is 5.95 Å². The molecule has 0 bridgehead atoms. The summed E-state index contributed by atoms with van der Waals surface area (Å²) >= 11 is 0. The van der Waals surface area contributed by atoms with Crippen LogP contribution in [0.1, 0.15) is 35.0 Å². The predicted octanol–water partition coefficient (Wildman–Crippen LogP) is 3.08. The molecule has 2 N–H and O–H groups in total. The van der Waals surface area contributed by atoms with E-state index in [1.54, 1.807) is 18.3 Å². The van der Waals surface area contributed by atoms with Crippen LogP contribution >= 0.6 is 0 Å². The quantitative estimate of drug-likeness (QED) is 0.737. The van der Waals surface area contributed by atoms with Crippen LogP contribution in [0.15, 0.2) is 53.1 Å². The van der Waals surface area contributed by atoms with Crippen LogP contribution in [0.25, 0.3) is 10.9 Å². The molecule has 1 fully saturated rings. The van der Waals surface area contributed by atoms with Gasteiger partial charge < -0.3 is 19.6 Å². The summed E-state index contributed by atoms with van der Waals surface area (Å²) in [7, 11) is 1.49. The van der Waals surface area contributed by atoms with Crippen LogP contribution in [-0.2, 0) is 0 Å². The van der Waals surface area contributed by atoms with Crippen molar-refractivity contribution in [1.82, 2.24) is 10.3 Å². The van der Waals surface area contributed by atoms with Crippen LogP contribution in [0, 0.1) is 5.92 Å². The molecule has 1 aliphatic rings. The second-order valence-corrected chi connectivity index (χ2v) is 6.62. The molecule has 1 aromatic carbocycles. The monoisotopic (exact) mass is 352 g/mol. The van der Waals surface area contributed by atoms with Gasteiger partial charge in [0.15, 0.2) is 5.76 Å². The van der Waals surface area contributed by atoms with E-state index in [0.29, 0.717) is 12.8 Å². The summed E-state index contributed by atoms with van der Waals surface area (Å²) in [6, 6.07) is 12.9. The number of hydrogen-bond acceptors (Lipinski definition) is 5. The number of para-hydroxylation sites is 1. The number of ether oxygens (including phenoxy) is 1. The zero-order chi connectivity index (χ0) is 18.1. The Balaban J connectivity index is 1.62. The zero-order valence-electron chi connectivity index (χ0n) is 14.4. The fourth-order valence-corrected chi connectivity index (χ4v) is 3.40. The summed E-state index contributed by atoms with van der Waals surface area (Å²) in [5, 5.41) is 13.8. The molecule has 6 nitrogen and oxygen atoms in total. The number of rotatable bonds is 5. The van der Waals surface area contributed by atoms with Crippen molar-refractivity contribution in [2.45, 2.75) is 25.0 Å². The molecule has 26 heavy (non-hydrogen) atoms. The van der Waals surface area contributed by atoms with Crippen LogP contribution in [0.4, 0.5) is 0 Å². The number of furan rings is 1. The van der Waals surface area contributed by atoms with E-state index in [2.05, 4.69) is 10.3 Å². The van der Waals surface area contributed by atoms with Crippen LogP contribution in [0.3, 0.4) is 0 Å². The largest absolute Gasteiger partial charge is 0.468 e. The van der Waals surface area contributed by atoms with Gasteiger partial charge in [-0.05, 0) is 42.5 Å². The van der Waals surface area contributed by atoms with Crippen LogP contribution < -0.4 is 10.1 Å². The van der Waals surface area contributed by atoms with E-state index >= 15 is 0 Å². The Morgan fingerprint density at radius 3 is 2.85 bits per heavy atom. The van der Waals surface area contributed by atoms with Crippen molar-refractivity contribution in [2.75, 3.05) is 7.11 Å². The minimum Gasteiger partial charge on any atom is -0.468 e.